The average Bonchev–Trinajstić information content (AvgIpc) is 2.42. The van der Waals surface area contributed by atoms with E-state index >= 15 is 0 Å². The number of hydrogen-bond acceptors (Lipinski definition) is 3. The van der Waals surface area contributed by atoms with Crippen LogP contribution in [0.5, 0.6) is 0 Å². The molecule has 1 fully saturated rings. The SMILES string of the molecule is CC(CN1C(=O)NC(=O)C(F)C1=O)c1ccccc1. The van der Waals surface area contributed by atoms with Crippen molar-refractivity contribution in [3.05, 3.63) is 35.9 Å². The number of amides is 4. The van der Waals surface area contributed by atoms with Gasteiger partial charge in [0.1, 0.15) is 0 Å². The molecule has 4 amide bonds. The highest BCUT2D eigenvalue weighted by molar-refractivity contribution is 6.18. The molecule has 2 rings (SSSR count). The minimum atomic E-state index is -2.30. The third-order valence-electron chi connectivity index (χ3n) is 3.01. The number of barbiturate groups is 1. The molecule has 0 aromatic heterocycles. The molecule has 100 valence electrons. The van der Waals surface area contributed by atoms with E-state index in [0.29, 0.717) is 0 Å². The normalized spacial score (nSPS) is 21.3. The van der Waals surface area contributed by atoms with Gasteiger partial charge in [-0.25, -0.2) is 9.18 Å². The number of hydrogen-bond donors (Lipinski definition) is 1. The fraction of sp³-hybridized carbons (Fsp3) is 0.308. The second-order valence-electron chi connectivity index (χ2n) is 4.42. The summed E-state index contributed by atoms with van der Waals surface area (Å²) in [7, 11) is 0. The molecule has 1 aliphatic rings. The van der Waals surface area contributed by atoms with E-state index in [0.717, 1.165) is 10.5 Å². The van der Waals surface area contributed by atoms with Crippen LogP contribution < -0.4 is 5.32 Å². The lowest BCUT2D eigenvalue weighted by Crippen LogP contribution is -2.59. The number of urea groups is 1. The number of benzene rings is 1. The van der Waals surface area contributed by atoms with E-state index in [9.17, 15) is 18.8 Å². The molecule has 6 heteroatoms. The highest BCUT2D eigenvalue weighted by Crippen LogP contribution is 2.18. The molecule has 0 spiro atoms. The molecule has 1 N–H and O–H groups in total. The van der Waals surface area contributed by atoms with Gasteiger partial charge in [-0.05, 0) is 11.5 Å². The van der Waals surface area contributed by atoms with E-state index in [4.69, 9.17) is 0 Å². The summed E-state index contributed by atoms with van der Waals surface area (Å²) in [6, 6.07) is 8.37. The van der Waals surface area contributed by atoms with E-state index in [1.807, 2.05) is 42.6 Å². The van der Waals surface area contributed by atoms with Crippen molar-refractivity contribution in [1.82, 2.24) is 10.2 Å². The Kier molecular flexibility index (Phi) is 3.59. The smallest absolute Gasteiger partial charge is 0.275 e. The Morgan fingerprint density at radius 2 is 1.89 bits per heavy atom. The van der Waals surface area contributed by atoms with E-state index in [-0.39, 0.29) is 12.5 Å². The Morgan fingerprint density at radius 1 is 1.26 bits per heavy atom. The number of alkyl halides is 1. The van der Waals surface area contributed by atoms with Crippen molar-refractivity contribution in [3.63, 3.8) is 0 Å². The number of nitrogens with zero attached hydrogens (tertiary/aromatic N) is 1. The lowest BCUT2D eigenvalue weighted by molar-refractivity contribution is -0.144. The van der Waals surface area contributed by atoms with Crippen LogP contribution in [0.3, 0.4) is 0 Å². The van der Waals surface area contributed by atoms with Crippen LogP contribution in [-0.2, 0) is 9.59 Å². The van der Waals surface area contributed by atoms with Gasteiger partial charge >= 0.3 is 6.03 Å². The van der Waals surface area contributed by atoms with Crippen LogP contribution in [0.2, 0.25) is 0 Å². The molecule has 1 aliphatic heterocycles. The number of carbonyl (C=O) groups is 3. The van der Waals surface area contributed by atoms with Crippen molar-refractivity contribution < 1.29 is 18.8 Å². The molecule has 5 nitrogen and oxygen atoms in total. The van der Waals surface area contributed by atoms with Gasteiger partial charge in [-0.1, -0.05) is 37.3 Å². The maximum atomic E-state index is 13.3. The third-order valence-corrected chi connectivity index (χ3v) is 3.01. The van der Waals surface area contributed by atoms with Crippen LogP contribution in [-0.4, -0.2) is 35.5 Å². The van der Waals surface area contributed by atoms with E-state index < -0.39 is 24.0 Å². The Hall–Kier alpha value is -2.24. The predicted octanol–water partition coefficient (Wildman–Crippen LogP) is 1.21. The Balaban J connectivity index is 2.12. The summed E-state index contributed by atoms with van der Waals surface area (Å²) in [6.07, 6.45) is -2.30. The fourth-order valence-corrected chi connectivity index (χ4v) is 1.92. The summed E-state index contributed by atoms with van der Waals surface area (Å²) in [5.74, 6) is -2.44. The number of carbonyl (C=O) groups excluding carboxylic acids is 3. The van der Waals surface area contributed by atoms with Crippen molar-refractivity contribution in [1.29, 1.82) is 0 Å². The van der Waals surface area contributed by atoms with Crippen LogP contribution in [0.25, 0.3) is 0 Å². The van der Waals surface area contributed by atoms with Crippen molar-refractivity contribution in [2.45, 2.75) is 19.0 Å². The lowest BCUT2D eigenvalue weighted by atomic mass is 10.0. The summed E-state index contributed by atoms with van der Waals surface area (Å²) in [5.41, 5.74) is 0.926. The minimum Gasteiger partial charge on any atom is -0.275 e. The molecule has 2 atom stereocenters. The molecule has 0 saturated carbocycles. The molecule has 1 heterocycles. The zero-order valence-corrected chi connectivity index (χ0v) is 10.3. The summed E-state index contributed by atoms with van der Waals surface area (Å²) in [5, 5.41) is 1.82. The van der Waals surface area contributed by atoms with Gasteiger partial charge in [0.15, 0.2) is 0 Å². The monoisotopic (exact) mass is 264 g/mol. The van der Waals surface area contributed by atoms with E-state index in [2.05, 4.69) is 0 Å². The molecular weight excluding hydrogens is 251 g/mol. The molecule has 2 unspecified atom stereocenters. The average molecular weight is 264 g/mol. The van der Waals surface area contributed by atoms with E-state index in [1.54, 1.807) is 0 Å². The first-order valence-electron chi connectivity index (χ1n) is 5.86. The van der Waals surface area contributed by atoms with Gasteiger partial charge in [0, 0.05) is 6.54 Å². The first kappa shape index (κ1) is 13.2. The van der Waals surface area contributed by atoms with Crippen molar-refractivity contribution in [2.75, 3.05) is 6.54 Å². The van der Waals surface area contributed by atoms with Gasteiger partial charge in [0.2, 0.25) is 0 Å². The van der Waals surface area contributed by atoms with Gasteiger partial charge in [-0.3, -0.25) is 19.8 Å². The van der Waals surface area contributed by atoms with Crippen LogP contribution in [0.1, 0.15) is 18.4 Å². The van der Waals surface area contributed by atoms with Gasteiger partial charge in [-0.2, -0.15) is 0 Å². The van der Waals surface area contributed by atoms with Crippen LogP contribution >= 0.6 is 0 Å². The molecule has 1 aromatic rings. The predicted molar refractivity (Wildman–Crippen MR) is 65.0 cm³/mol. The van der Waals surface area contributed by atoms with E-state index in [1.165, 1.54) is 0 Å². The molecule has 1 saturated heterocycles. The Morgan fingerprint density at radius 3 is 2.53 bits per heavy atom. The highest BCUT2D eigenvalue weighted by atomic mass is 19.1. The minimum absolute atomic E-state index is 0.0301. The van der Waals surface area contributed by atoms with Crippen molar-refractivity contribution >= 4 is 17.8 Å². The number of imide groups is 2. The first-order valence-corrected chi connectivity index (χ1v) is 5.86. The third kappa shape index (κ3) is 2.62. The van der Waals surface area contributed by atoms with Crippen LogP contribution in [0, 0.1) is 0 Å². The van der Waals surface area contributed by atoms with Crippen molar-refractivity contribution in [2.24, 2.45) is 0 Å². The fourth-order valence-electron chi connectivity index (χ4n) is 1.92. The largest absolute Gasteiger partial charge is 0.330 e. The lowest BCUT2D eigenvalue weighted by Gasteiger charge is -2.28. The zero-order chi connectivity index (χ0) is 14.0. The first-order chi connectivity index (χ1) is 9.00. The molecule has 1 aromatic carbocycles. The van der Waals surface area contributed by atoms with Gasteiger partial charge in [0.05, 0.1) is 0 Å². The highest BCUT2D eigenvalue weighted by Gasteiger charge is 2.41. The number of halogens is 1. The van der Waals surface area contributed by atoms with Gasteiger partial charge in [-0.15, -0.1) is 0 Å². The standard InChI is InChI=1S/C13H13FN2O3/c1-8(9-5-3-2-4-6-9)7-16-12(18)10(14)11(17)15-13(16)19/h2-6,8,10H,7H2,1H3,(H,15,17,19). The van der Waals surface area contributed by atoms with Gasteiger partial charge in [0.25, 0.3) is 18.0 Å². The summed E-state index contributed by atoms with van der Waals surface area (Å²) in [4.78, 5) is 34.8. The Labute approximate surface area is 109 Å². The maximum absolute atomic E-state index is 13.3. The second kappa shape index (κ2) is 5.17. The molecule has 0 bridgehead atoms. The second-order valence-corrected chi connectivity index (χ2v) is 4.42. The van der Waals surface area contributed by atoms with Gasteiger partial charge < -0.3 is 0 Å². The molecule has 19 heavy (non-hydrogen) atoms. The van der Waals surface area contributed by atoms with Crippen molar-refractivity contribution in [3.8, 4) is 0 Å². The summed E-state index contributed by atoms with van der Waals surface area (Å²) in [6.45, 7) is 1.85. The summed E-state index contributed by atoms with van der Waals surface area (Å²) < 4.78 is 13.3. The quantitative estimate of drug-likeness (QED) is 0.834. The molecule has 0 aliphatic carbocycles. The zero-order valence-electron chi connectivity index (χ0n) is 10.3. The summed E-state index contributed by atoms with van der Waals surface area (Å²) >= 11 is 0. The number of nitrogens with one attached hydrogen (secondary N) is 1. The maximum Gasteiger partial charge on any atom is 0.330 e. The molecule has 0 radical (unpaired) electrons. The Bertz CT molecular complexity index is 518. The topological polar surface area (TPSA) is 66.5 Å². The molecular formula is C13H13FN2O3. The number of rotatable bonds is 3. The van der Waals surface area contributed by atoms with Crippen LogP contribution in [0.4, 0.5) is 9.18 Å². The van der Waals surface area contributed by atoms with Crippen LogP contribution in [0.15, 0.2) is 30.3 Å².